The lowest BCUT2D eigenvalue weighted by molar-refractivity contribution is 0.362. The van der Waals surface area contributed by atoms with E-state index < -0.39 is 0 Å². The summed E-state index contributed by atoms with van der Waals surface area (Å²) in [6, 6.07) is 7.72. The van der Waals surface area contributed by atoms with Crippen molar-refractivity contribution in [2.75, 3.05) is 0 Å². The normalized spacial score (nSPS) is 11.9. The Hall–Kier alpha value is -1.39. The Balaban J connectivity index is 0.00000128. The van der Waals surface area contributed by atoms with Crippen LogP contribution in [-0.4, -0.2) is 10.1 Å². The molecule has 0 saturated heterocycles. The number of nitrogens with zero attached hydrogens (tertiary/aromatic N) is 2. The highest BCUT2D eigenvalue weighted by atomic mass is 35.5. The summed E-state index contributed by atoms with van der Waals surface area (Å²) >= 11 is 0. The Morgan fingerprint density at radius 1 is 1.25 bits per heavy atom. The van der Waals surface area contributed by atoms with Gasteiger partial charge in [-0.15, -0.1) is 12.4 Å². The standard InChI is InChI=1S/C11H13N3O.ClH/c1-7-3-5-9(6-4-7)10-13-11(8(2)12)15-14-10;/h3-6,8H,12H2,1-2H3;1H. The molecule has 0 bridgehead atoms. The smallest absolute Gasteiger partial charge is 0.243 e. The van der Waals surface area contributed by atoms with Crippen LogP contribution in [0.4, 0.5) is 0 Å². The van der Waals surface area contributed by atoms with E-state index in [1.807, 2.05) is 38.1 Å². The Bertz CT molecular complexity index is 451. The molecule has 2 aromatic rings. The topological polar surface area (TPSA) is 64.9 Å². The van der Waals surface area contributed by atoms with Crippen molar-refractivity contribution in [3.8, 4) is 11.4 Å². The molecule has 0 saturated carbocycles. The minimum atomic E-state index is -0.225. The number of hydrogen-bond acceptors (Lipinski definition) is 4. The average molecular weight is 240 g/mol. The molecule has 0 amide bonds. The summed E-state index contributed by atoms with van der Waals surface area (Å²) in [5.41, 5.74) is 7.78. The number of halogens is 1. The van der Waals surface area contributed by atoms with Crippen molar-refractivity contribution < 1.29 is 4.52 Å². The minimum absolute atomic E-state index is 0. The summed E-state index contributed by atoms with van der Waals surface area (Å²) < 4.78 is 5.02. The van der Waals surface area contributed by atoms with Gasteiger partial charge in [0, 0.05) is 5.56 Å². The van der Waals surface area contributed by atoms with Crippen molar-refractivity contribution in [3.05, 3.63) is 35.7 Å². The summed E-state index contributed by atoms with van der Waals surface area (Å²) in [6.07, 6.45) is 0. The Kier molecular flexibility index (Phi) is 4.04. The molecule has 1 heterocycles. The van der Waals surface area contributed by atoms with Crippen LogP contribution < -0.4 is 5.73 Å². The molecule has 1 aromatic carbocycles. The predicted molar refractivity (Wildman–Crippen MR) is 64.3 cm³/mol. The summed E-state index contributed by atoms with van der Waals surface area (Å²) in [5.74, 6) is 1.05. The fourth-order valence-electron chi connectivity index (χ4n) is 1.24. The number of benzene rings is 1. The van der Waals surface area contributed by atoms with E-state index in [0.717, 1.165) is 5.56 Å². The fourth-order valence-corrected chi connectivity index (χ4v) is 1.24. The molecule has 4 nitrogen and oxygen atoms in total. The Morgan fingerprint density at radius 2 is 1.88 bits per heavy atom. The zero-order chi connectivity index (χ0) is 10.8. The lowest BCUT2D eigenvalue weighted by Gasteiger charge is -1.95. The molecule has 0 aliphatic carbocycles. The van der Waals surface area contributed by atoms with Crippen molar-refractivity contribution in [3.63, 3.8) is 0 Å². The molecule has 2 N–H and O–H groups in total. The highest BCUT2D eigenvalue weighted by molar-refractivity contribution is 5.85. The van der Waals surface area contributed by atoms with Gasteiger partial charge in [0.05, 0.1) is 6.04 Å². The SMILES string of the molecule is Cc1ccc(-c2noc(C(C)N)n2)cc1.Cl. The maximum Gasteiger partial charge on any atom is 0.243 e. The van der Waals surface area contributed by atoms with Gasteiger partial charge in [0.25, 0.3) is 0 Å². The van der Waals surface area contributed by atoms with Gasteiger partial charge in [0.1, 0.15) is 0 Å². The molecular formula is C11H14ClN3O. The summed E-state index contributed by atoms with van der Waals surface area (Å²) in [6.45, 7) is 3.85. The monoisotopic (exact) mass is 239 g/mol. The quantitative estimate of drug-likeness (QED) is 0.875. The Morgan fingerprint density at radius 3 is 2.38 bits per heavy atom. The van der Waals surface area contributed by atoms with Crippen LogP contribution in [0, 0.1) is 6.92 Å². The zero-order valence-corrected chi connectivity index (χ0v) is 9.99. The second kappa shape index (κ2) is 5.09. The molecule has 1 aromatic heterocycles. The summed E-state index contributed by atoms with van der Waals surface area (Å²) in [5, 5.41) is 3.87. The van der Waals surface area contributed by atoms with Crippen LogP contribution in [0.25, 0.3) is 11.4 Å². The van der Waals surface area contributed by atoms with Crippen molar-refractivity contribution in [1.29, 1.82) is 0 Å². The van der Waals surface area contributed by atoms with E-state index in [2.05, 4.69) is 10.1 Å². The van der Waals surface area contributed by atoms with E-state index >= 15 is 0 Å². The third kappa shape index (κ3) is 2.59. The number of hydrogen-bond donors (Lipinski definition) is 1. The first kappa shape index (κ1) is 12.7. The molecule has 0 aliphatic heterocycles. The molecule has 0 aliphatic rings. The molecule has 1 atom stereocenters. The number of aryl methyl sites for hydroxylation is 1. The Labute approximate surface area is 100 Å². The maximum atomic E-state index is 5.63. The maximum absolute atomic E-state index is 5.63. The minimum Gasteiger partial charge on any atom is -0.337 e. The van der Waals surface area contributed by atoms with Crippen LogP contribution in [0.2, 0.25) is 0 Å². The van der Waals surface area contributed by atoms with E-state index in [1.165, 1.54) is 5.56 Å². The van der Waals surface area contributed by atoms with Gasteiger partial charge in [-0.1, -0.05) is 35.0 Å². The molecule has 1 unspecified atom stereocenters. The molecular weight excluding hydrogens is 226 g/mol. The molecule has 16 heavy (non-hydrogen) atoms. The molecule has 86 valence electrons. The van der Waals surface area contributed by atoms with Crippen LogP contribution >= 0.6 is 12.4 Å². The van der Waals surface area contributed by atoms with Gasteiger partial charge in [-0.25, -0.2) is 0 Å². The first-order chi connectivity index (χ1) is 7.16. The molecule has 0 spiro atoms. The third-order valence-electron chi connectivity index (χ3n) is 2.14. The fraction of sp³-hybridized carbons (Fsp3) is 0.273. The number of aromatic nitrogens is 2. The van der Waals surface area contributed by atoms with Gasteiger partial charge >= 0.3 is 0 Å². The predicted octanol–water partition coefficient (Wildman–Crippen LogP) is 2.49. The first-order valence-corrected chi connectivity index (χ1v) is 4.83. The lowest BCUT2D eigenvalue weighted by Crippen LogP contribution is -2.04. The van der Waals surface area contributed by atoms with Crippen LogP contribution in [0.5, 0.6) is 0 Å². The molecule has 2 rings (SSSR count). The van der Waals surface area contributed by atoms with Gasteiger partial charge in [-0.05, 0) is 13.8 Å². The first-order valence-electron chi connectivity index (χ1n) is 4.83. The van der Waals surface area contributed by atoms with Crippen molar-refractivity contribution >= 4 is 12.4 Å². The van der Waals surface area contributed by atoms with E-state index in [1.54, 1.807) is 0 Å². The van der Waals surface area contributed by atoms with E-state index in [0.29, 0.717) is 11.7 Å². The van der Waals surface area contributed by atoms with Crippen LogP contribution in [0.3, 0.4) is 0 Å². The summed E-state index contributed by atoms with van der Waals surface area (Å²) in [7, 11) is 0. The number of nitrogens with two attached hydrogens (primary N) is 1. The van der Waals surface area contributed by atoms with Gasteiger partial charge < -0.3 is 10.3 Å². The number of rotatable bonds is 2. The van der Waals surface area contributed by atoms with Crippen LogP contribution in [0.15, 0.2) is 28.8 Å². The highest BCUT2D eigenvalue weighted by Crippen LogP contribution is 2.17. The second-order valence-corrected chi connectivity index (χ2v) is 3.61. The van der Waals surface area contributed by atoms with Gasteiger partial charge in [-0.2, -0.15) is 4.98 Å². The third-order valence-corrected chi connectivity index (χ3v) is 2.14. The lowest BCUT2D eigenvalue weighted by atomic mass is 10.1. The highest BCUT2D eigenvalue weighted by Gasteiger charge is 2.10. The van der Waals surface area contributed by atoms with Crippen LogP contribution in [-0.2, 0) is 0 Å². The largest absolute Gasteiger partial charge is 0.337 e. The zero-order valence-electron chi connectivity index (χ0n) is 9.18. The summed E-state index contributed by atoms with van der Waals surface area (Å²) in [4.78, 5) is 4.21. The van der Waals surface area contributed by atoms with Gasteiger partial charge in [0.2, 0.25) is 11.7 Å². The van der Waals surface area contributed by atoms with Crippen molar-refractivity contribution in [1.82, 2.24) is 10.1 Å². The van der Waals surface area contributed by atoms with E-state index in [-0.39, 0.29) is 18.4 Å². The molecule has 5 heteroatoms. The molecule has 0 radical (unpaired) electrons. The van der Waals surface area contributed by atoms with Crippen LogP contribution in [0.1, 0.15) is 24.4 Å². The van der Waals surface area contributed by atoms with Crippen molar-refractivity contribution in [2.24, 2.45) is 5.73 Å². The average Bonchev–Trinajstić information content (AvgIpc) is 2.68. The van der Waals surface area contributed by atoms with E-state index in [4.69, 9.17) is 10.3 Å². The second-order valence-electron chi connectivity index (χ2n) is 3.61. The van der Waals surface area contributed by atoms with Gasteiger partial charge in [-0.3, -0.25) is 0 Å². The van der Waals surface area contributed by atoms with E-state index in [9.17, 15) is 0 Å². The van der Waals surface area contributed by atoms with Gasteiger partial charge in [0.15, 0.2) is 0 Å². The van der Waals surface area contributed by atoms with Crippen molar-refractivity contribution in [2.45, 2.75) is 19.9 Å². The molecule has 0 fully saturated rings.